The molecule has 0 saturated heterocycles. The molecule has 0 aliphatic heterocycles. The van der Waals surface area contributed by atoms with Crippen molar-refractivity contribution in [2.75, 3.05) is 0 Å². The van der Waals surface area contributed by atoms with E-state index in [1.807, 2.05) is 36.4 Å². The van der Waals surface area contributed by atoms with Crippen LogP contribution in [0, 0.1) is 0 Å². The molecule has 20 heavy (non-hydrogen) atoms. The molecule has 2 nitrogen and oxygen atoms in total. The Balaban J connectivity index is 2.29. The third kappa shape index (κ3) is 3.48. The summed E-state index contributed by atoms with van der Waals surface area (Å²) in [7, 11) is 0. The molecule has 0 unspecified atom stereocenters. The monoisotopic (exact) mass is 332 g/mol. The lowest BCUT2D eigenvalue weighted by Gasteiger charge is -2.11. The van der Waals surface area contributed by atoms with E-state index in [2.05, 4.69) is 29.8 Å². The minimum Gasteiger partial charge on any atom is -0.457 e. The summed E-state index contributed by atoms with van der Waals surface area (Å²) in [5, 5.41) is 0. The second-order valence-electron chi connectivity index (χ2n) is 5.02. The highest BCUT2D eigenvalue weighted by Gasteiger charge is 2.10. The van der Waals surface area contributed by atoms with Crippen LogP contribution in [0.3, 0.4) is 0 Å². The zero-order chi connectivity index (χ0) is 14.7. The number of halogens is 1. The van der Waals surface area contributed by atoms with Crippen LogP contribution in [0.1, 0.15) is 42.6 Å². The van der Waals surface area contributed by atoms with Crippen LogP contribution in [0.5, 0.6) is 11.5 Å². The van der Waals surface area contributed by atoms with Gasteiger partial charge in [0.15, 0.2) is 5.78 Å². The summed E-state index contributed by atoms with van der Waals surface area (Å²) >= 11 is 3.40. The number of benzene rings is 2. The van der Waals surface area contributed by atoms with Crippen LogP contribution >= 0.6 is 15.9 Å². The molecule has 2 aromatic rings. The quantitative estimate of drug-likeness (QED) is 0.684. The summed E-state index contributed by atoms with van der Waals surface area (Å²) in [5.41, 5.74) is 1.85. The van der Waals surface area contributed by atoms with E-state index >= 15 is 0 Å². The van der Waals surface area contributed by atoms with Crippen molar-refractivity contribution in [2.45, 2.75) is 26.7 Å². The van der Waals surface area contributed by atoms with E-state index in [0.717, 1.165) is 10.2 Å². The zero-order valence-electron chi connectivity index (χ0n) is 11.8. The van der Waals surface area contributed by atoms with Crippen molar-refractivity contribution >= 4 is 21.7 Å². The third-order valence-electron chi connectivity index (χ3n) is 3.10. The number of hydrogen-bond acceptors (Lipinski definition) is 2. The number of rotatable bonds is 4. The molecule has 0 aliphatic rings. The van der Waals surface area contributed by atoms with Gasteiger partial charge in [0.1, 0.15) is 11.5 Å². The van der Waals surface area contributed by atoms with Gasteiger partial charge in [-0.15, -0.1) is 0 Å². The summed E-state index contributed by atoms with van der Waals surface area (Å²) in [6.07, 6.45) is 0. The van der Waals surface area contributed by atoms with Crippen LogP contribution in [0.25, 0.3) is 0 Å². The van der Waals surface area contributed by atoms with Gasteiger partial charge in [-0.05, 0) is 48.7 Å². The number of carbonyl (C=O) groups excluding carboxylic acids is 1. The Kier molecular flexibility index (Phi) is 4.61. The van der Waals surface area contributed by atoms with Crippen molar-refractivity contribution < 1.29 is 9.53 Å². The molecule has 0 N–H and O–H groups in total. The van der Waals surface area contributed by atoms with Crippen molar-refractivity contribution in [2.24, 2.45) is 0 Å². The molecule has 2 aromatic carbocycles. The molecule has 3 heteroatoms. The highest BCUT2D eigenvalue weighted by atomic mass is 79.9. The molecule has 0 radical (unpaired) electrons. The number of ether oxygens (including phenoxy) is 1. The molecule has 0 bridgehead atoms. The van der Waals surface area contributed by atoms with Gasteiger partial charge in [-0.25, -0.2) is 0 Å². The van der Waals surface area contributed by atoms with E-state index < -0.39 is 0 Å². The molecule has 0 heterocycles. The average molecular weight is 333 g/mol. The third-order valence-corrected chi connectivity index (χ3v) is 3.59. The van der Waals surface area contributed by atoms with Gasteiger partial charge in [-0.1, -0.05) is 41.9 Å². The van der Waals surface area contributed by atoms with Crippen molar-refractivity contribution in [3.63, 3.8) is 0 Å². The Bertz CT molecular complexity index is 615. The van der Waals surface area contributed by atoms with E-state index in [0.29, 0.717) is 17.2 Å². The second kappa shape index (κ2) is 6.23. The van der Waals surface area contributed by atoms with Gasteiger partial charge in [0.2, 0.25) is 0 Å². The Labute approximate surface area is 127 Å². The van der Waals surface area contributed by atoms with Crippen molar-refractivity contribution in [3.8, 4) is 11.5 Å². The zero-order valence-corrected chi connectivity index (χ0v) is 13.4. The van der Waals surface area contributed by atoms with Gasteiger partial charge in [0, 0.05) is 4.47 Å². The average Bonchev–Trinajstić information content (AvgIpc) is 2.39. The summed E-state index contributed by atoms with van der Waals surface area (Å²) in [5.74, 6) is 1.79. The van der Waals surface area contributed by atoms with Crippen LogP contribution in [0.15, 0.2) is 46.9 Å². The van der Waals surface area contributed by atoms with Gasteiger partial charge in [0.05, 0.1) is 5.56 Å². The first kappa shape index (κ1) is 14.8. The molecular formula is C17H17BrO2. The fourth-order valence-electron chi connectivity index (χ4n) is 1.92. The molecule has 104 valence electrons. The van der Waals surface area contributed by atoms with E-state index in [9.17, 15) is 4.79 Å². The second-order valence-corrected chi connectivity index (χ2v) is 5.94. The summed E-state index contributed by atoms with van der Waals surface area (Å²) in [4.78, 5) is 11.6. The fourth-order valence-corrected chi connectivity index (χ4v) is 2.26. The van der Waals surface area contributed by atoms with E-state index in [-0.39, 0.29) is 5.78 Å². The van der Waals surface area contributed by atoms with Gasteiger partial charge < -0.3 is 4.74 Å². The van der Waals surface area contributed by atoms with E-state index in [1.54, 1.807) is 6.07 Å². The highest BCUT2D eigenvalue weighted by Crippen LogP contribution is 2.29. The van der Waals surface area contributed by atoms with Crippen molar-refractivity contribution in [3.05, 3.63) is 58.1 Å². The molecular weight excluding hydrogens is 316 g/mol. The fraction of sp³-hybridized carbons (Fsp3) is 0.235. The van der Waals surface area contributed by atoms with Gasteiger partial charge in [-0.2, -0.15) is 0 Å². The summed E-state index contributed by atoms with van der Waals surface area (Å²) < 4.78 is 6.72. The minimum atomic E-state index is -0.00806. The number of Topliss-reactive ketones (excluding diaryl/α,β-unsaturated/α-hetero) is 1. The van der Waals surface area contributed by atoms with Gasteiger partial charge in [0.25, 0.3) is 0 Å². The maximum absolute atomic E-state index is 11.6. The normalized spacial score (nSPS) is 10.7. The minimum absolute atomic E-state index is 0.00806. The van der Waals surface area contributed by atoms with Crippen LogP contribution < -0.4 is 4.74 Å². The Morgan fingerprint density at radius 3 is 2.30 bits per heavy atom. The number of hydrogen-bond donors (Lipinski definition) is 0. The van der Waals surface area contributed by atoms with Gasteiger partial charge in [-0.3, -0.25) is 4.79 Å². The van der Waals surface area contributed by atoms with Crippen LogP contribution in [0.2, 0.25) is 0 Å². The lowest BCUT2D eigenvalue weighted by atomic mass is 10.0. The van der Waals surface area contributed by atoms with Gasteiger partial charge >= 0.3 is 0 Å². The first-order valence-electron chi connectivity index (χ1n) is 6.55. The molecule has 0 aromatic heterocycles. The molecule has 2 rings (SSSR count). The Morgan fingerprint density at radius 2 is 1.75 bits per heavy atom. The predicted octanol–water partition coefficient (Wildman–Crippen LogP) is 5.57. The molecule has 0 spiro atoms. The predicted molar refractivity (Wildman–Crippen MR) is 84.8 cm³/mol. The van der Waals surface area contributed by atoms with E-state index in [1.165, 1.54) is 12.5 Å². The highest BCUT2D eigenvalue weighted by molar-refractivity contribution is 9.10. The maximum Gasteiger partial charge on any atom is 0.163 e. The van der Waals surface area contributed by atoms with Crippen LogP contribution in [-0.2, 0) is 0 Å². The first-order chi connectivity index (χ1) is 9.47. The maximum atomic E-state index is 11.6. The first-order valence-corrected chi connectivity index (χ1v) is 7.35. The van der Waals surface area contributed by atoms with Crippen molar-refractivity contribution in [1.82, 2.24) is 0 Å². The van der Waals surface area contributed by atoms with Crippen molar-refractivity contribution in [1.29, 1.82) is 0 Å². The standard InChI is InChI=1S/C17H17BrO2/c1-11(2)13-4-7-15(8-5-13)20-17-10-14(18)6-9-16(17)12(3)19/h4-11H,1-3H3. The number of ketones is 1. The molecule has 0 atom stereocenters. The van der Waals surface area contributed by atoms with Crippen LogP contribution in [-0.4, -0.2) is 5.78 Å². The smallest absolute Gasteiger partial charge is 0.163 e. The Morgan fingerprint density at radius 1 is 1.10 bits per heavy atom. The van der Waals surface area contributed by atoms with Crippen LogP contribution in [0.4, 0.5) is 0 Å². The number of carbonyl (C=O) groups is 1. The van der Waals surface area contributed by atoms with E-state index in [4.69, 9.17) is 4.74 Å². The molecule has 0 fully saturated rings. The lowest BCUT2D eigenvalue weighted by Crippen LogP contribution is -1.97. The topological polar surface area (TPSA) is 26.3 Å². The lowest BCUT2D eigenvalue weighted by molar-refractivity contribution is 0.101. The Hall–Kier alpha value is -1.61. The largest absolute Gasteiger partial charge is 0.457 e. The molecule has 0 amide bonds. The molecule has 0 saturated carbocycles. The summed E-state index contributed by atoms with van der Waals surface area (Å²) in [6.45, 7) is 5.84. The summed E-state index contributed by atoms with van der Waals surface area (Å²) in [6, 6.07) is 13.4. The molecule has 0 aliphatic carbocycles. The SMILES string of the molecule is CC(=O)c1ccc(Br)cc1Oc1ccc(C(C)C)cc1.